The maximum absolute atomic E-state index is 11.7. The Bertz CT molecular complexity index is 390. The van der Waals surface area contributed by atoms with Gasteiger partial charge in [-0.15, -0.1) is 0 Å². The van der Waals surface area contributed by atoms with E-state index in [4.69, 9.17) is 0 Å². The molecule has 4 heteroatoms. The van der Waals surface area contributed by atoms with Crippen LogP contribution >= 0.6 is 0 Å². The summed E-state index contributed by atoms with van der Waals surface area (Å²) in [6, 6.07) is 3.34. The van der Waals surface area contributed by atoms with E-state index in [-0.39, 0.29) is 5.91 Å². The molecule has 1 amide bonds. The minimum absolute atomic E-state index is 0.190. The summed E-state index contributed by atoms with van der Waals surface area (Å²) < 4.78 is 0. The molecule has 104 valence electrons. The third-order valence-corrected chi connectivity index (χ3v) is 2.98. The van der Waals surface area contributed by atoms with Gasteiger partial charge >= 0.3 is 0 Å². The number of aromatic nitrogens is 1. The van der Waals surface area contributed by atoms with Gasteiger partial charge in [0.2, 0.25) is 0 Å². The first-order chi connectivity index (χ1) is 9.27. The first kappa shape index (κ1) is 15.3. The highest BCUT2D eigenvalue weighted by Crippen LogP contribution is 2.12. The summed E-state index contributed by atoms with van der Waals surface area (Å²) in [5.74, 6) is 0.270. The molecule has 1 aromatic rings. The highest BCUT2D eigenvalue weighted by molar-refractivity contribution is 5.94. The van der Waals surface area contributed by atoms with Crippen molar-refractivity contribution in [2.75, 3.05) is 0 Å². The van der Waals surface area contributed by atoms with E-state index in [1.165, 1.54) is 12.8 Å². The summed E-state index contributed by atoms with van der Waals surface area (Å²) in [7, 11) is 0. The highest BCUT2D eigenvalue weighted by atomic mass is 16.2. The van der Waals surface area contributed by atoms with Gasteiger partial charge in [-0.25, -0.2) is 5.43 Å². The third-order valence-electron chi connectivity index (χ3n) is 2.98. The van der Waals surface area contributed by atoms with Gasteiger partial charge in [-0.3, -0.25) is 9.78 Å². The van der Waals surface area contributed by atoms with Crippen LogP contribution in [0.15, 0.2) is 29.6 Å². The zero-order valence-corrected chi connectivity index (χ0v) is 11.8. The fraction of sp³-hybridized carbons (Fsp3) is 0.533. The van der Waals surface area contributed by atoms with Gasteiger partial charge in [-0.1, -0.05) is 33.1 Å². The van der Waals surface area contributed by atoms with E-state index in [0.717, 1.165) is 19.3 Å². The van der Waals surface area contributed by atoms with E-state index in [1.807, 2.05) is 6.21 Å². The summed E-state index contributed by atoms with van der Waals surface area (Å²) in [4.78, 5) is 15.6. The van der Waals surface area contributed by atoms with Crippen LogP contribution in [0.1, 0.15) is 56.3 Å². The largest absolute Gasteiger partial charge is 0.271 e. The predicted molar refractivity (Wildman–Crippen MR) is 78.1 cm³/mol. The maximum atomic E-state index is 11.7. The fourth-order valence-corrected chi connectivity index (χ4v) is 1.90. The molecule has 0 aliphatic heterocycles. The second-order valence-electron chi connectivity index (χ2n) is 4.65. The molecule has 0 fully saturated rings. The fourth-order valence-electron chi connectivity index (χ4n) is 1.90. The van der Waals surface area contributed by atoms with Gasteiger partial charge in [-0.05, 0) is 30.9 Å². The molecule has 19 heavy (non-hydrogen) atoms. The van der Waals surface area contributed by atoms with E-state index in [0.29, 0.717) is 11.5 Å². The Kier molecular flexibility index (Phi) is 7.47. The molecule has 0 bridgehead atoms. The molecule has 1 N–H and O–H groups in total. The van der Waals surface area contributed by atoms with Crippen LogP contribution in [0.2, 0.25) is 0 Å². The topological polar surface area (TPSA) is 54.4 Å². The number of rotatable bonds is 8. The maximum Gasteiger partial charge on any atom is 0.271 e. The number of carbonyl (C=O) groups is 1. The predicted octanol–water partition coefficient (Wildman–Crippen LogP) is 3.40. The molecule has 1 unspecified atom stereocenters. The molecule has 4 nitrogen and oxygen atoms in total. The number of hydrogen-bond acceptors (Lipinski definition) is 3. The average Bonchev–Trinajstić information content (AvgIpc) is 2.45. The smallest absolute Gasteiger partial charge is 0.267 e. The van der Waals surface area contributed by atoms with Gasteiger partial charge in [0.15, 0.2) is 0 Å². The number of unbranched alkanes of at least 4 members (excludes halogenated alkanes) is 1. The van der Waals surface area contributed by atoms with E-state index >= 15 is 0 Å². The van der Waals surface area contributed by atoms with Gasteiger partial charge in [0, 0.05) is 24.2 Å². The summed E-state index contributed by atoms with van der Waals surface area (Å²) in [6.45, 7) is 4.35. The minimum Gasteiger partial charge on any atom is -0.267 e. The molecule has 0 aliphatic rings. The average molecular weight is 261 g/mol. The van der Waals surface area contributed by atoms with Crippen molar-refractivity contribution >= 4 is 12.1 Å². The van der Waals surface area contributed by atoms with Crippen molar-refractivity contribution in [1.29, 1.82) is 0 Å². The van der Waals surface area contributed by atoms with Crippen molar-refractivity contribution in [2.45, 2.75) is 46.0 Å². The quantitative estimate of drug-likeness (QED) is 0.576. The van der Waals surface area contributed by atoms with Crippen molar-refractivity contribution in [3.8, 4) is 0 Å². The Morgan fingerprint density at radius 2 is 2.05 bits per heavy atom. The number of amides is 1. The van der Waals surface area contributed by atoms with E-state index in [1.54, 1.807) is 24.5 Å². The number of carbonyl (C=O) groups excluding carboxylic acids is 1. The van der Waals surface area contributed by atoms with Crippen LogP contribution in [-0.4, -0.2) is 17.1 Å². The Hall–Kier alpha value is -1.71. The third kappa shape index (κ3) is 6.13. The van der Waals surface area contributed by atoms with Gasteiger partial charge in [0.1, 0.15) is 0 Å². The Morgan fingerprint density at radius 3 is 2.68 bits per heavy atom. The van der Waals surface area contributed by atoms with Gasteiger partial charge < -0.3 is 0 Å². The van der Waals surface area contributed by atoms with Crippen LogP contribution in [0.3, 0.4) is 0 Å². The zero-order chi connectivity index (χ0) is 13.9. The lowest BCUT2D eigenvalue weighted by molar-refractivity contribution is 0.0955. The summed E-state index contributed by atoms with van der Waals surface area (Å²) in [6.07, 6.45) is 10.9. The van der Waals surface area contributed by atoms with E-state index in [9.17, 15) is 4.79 Å². The van der Waals surface area contributed by atoms with Gasteiger partial charge in [0.05, 0.1) is 0 Å². The molecule has 1 aromatic heterocycles. The normalized spacial score (nSPS) is 12.5. The number of pyridine rings is 1. The molecule has 0 saturated carbocycles. The molecule has 1 atom stereocenters. The SMILES string of the molecule is CCCCC(/C=N/NC(=O)c1ccncc1)CCC. The lowest BCUT2D eigenvalue weighted by Crippen LogP contribution is -2.18. The van der Waals surface area contributed by atoms with Crippen LogP contribution in [0.25, 0.3) is 0 Å². The lowest BCUT2D eigenvalue weighted by Gasteiger charge is -2.09. The van der Waals surface area contributed by atoms with Gasteiger partial charge in [0.25, 0.3) is 5.91 Å². The molecule has 0 radical (unpaired) electrons. The zero-order valence-electron chi connectivity index (χ0n) is 11.8. The van der Waals surface area contributed by atoms with Crippen molar-refractivity contribution in [3.05, 3.63) is 30.1 Å². The monoisotopic (exact) mass is 261 g/mol. The molecule has 0 spiro atoms. The number of hydrogen-bond donors (Lipinski definition) is 1. The van der Waals surface area contributed by atoms with Gasteiger partial charge in [-0.2, -0.15) is 5.10 Å². The number of nitrogens with one attached hydrogen (secondary N) is 1. The van der Waals surface area contributed by atoms with Crippen molar-refractivity contribution < 1.29 is 4.79 Å². The van der Waals surface area contributed by atoms with Crippen molar-refractivity contribution in [3.63, 3.8) is 0 Å². The molecule has 0 aliphatic carbocycles. The second-order valence-corrected chi connectivity index (χ2v) is 4.65. The second kappa shape index (κ2) is 9.25. The van der Waals surface area contributed by atoms with Crippen LogP contribution in [0.5, 0.6) is 0 Å². The standard InChI is InChI=1S/C15H23N3O/c1-3-5-7-13(6-4-2)12-17-18-15(19)14-8-10-16-11-9-14/h8-13H,3-7H2,1-2H3,(H,18,19)/b17-12+. The summed E-state index contributed by atoms with van der Waals surface area (Å²) >= 11 is 0. The molecule has 1 heterocycles. The molecular formula is C15H23N3O. The molecular weight excluding hydrogens is 238 g/mol. The van der Waals surface area contributed by atoms with Crippen LogP contribution in [-0.2, 0) is 0 Å². The van der Waals surface area contributed by atoms with Crippen LogP contribution in [0.4, 0.5) is 0 Å². The van der Waals surface area contributed by atoms with Crippen LogP contribution < -0.4 is 5.43 Å². The Balaban J connectivity index is 2.44. The Labute approximate surface area is 115 Å². The lowest BCUT2D eigenvalue weighted by atomic mass is 9.99. The van der Waals surface area contributed by atoms with Crippen molar-refractivity contribution in [2.24, 2.45) is 11.0 Å². The molecule has 0 aromatic carbocycles. The molecule has 1 rings (SSSR count). The first-order valence-electron chi connectivity index (χ1n) is 7.01. The first-order valence-corrected chi connectivity index (χ1v) is 7.01. The Morgan fingerprint density at radius 1 is 1.32 bits per heavy atom. The number of nitrogens with zero attached hydrogens (tertiary/aromatic N) is 2. The minimum atomic E-state index is -0.190. The van der Waals surface area contributed by atoms with Crippen molar-refractivity contribution in [1.82, 2.24) is 10.4 Å². The number of hydrazone groups is 1. The molecule has 0 saturated heterocycles. The highest BCUT2D eigenvalue weighted by Gasteiger charge is 2.05. The van der Waals surface area contributed by atoms with E-state index in [2.05, 4.69) is 29.4 Å². The van der Waals surface area contributed by atoms with E-state index < -0.39 is 0 Å². The van der Waals surface area contributed by atoms with Crippen LogP contribution in [0, 0.1) is 5.92 Å². The summed E-state index contributed by atoms with van der Waals surface area (Å²) in [5, 5.41) is 4.07. The summed E-state index contributed by atoms with van der Waals surface area (Å²) in [5.41, 5.74) is 3.14.